The Bertz CT molecular complexity index is 699. The molecular formula is C19H22ClNO3. The quantitative estimate of drug-likeness (QED) is 0.794. The minimum atomic E-state index is -0.0650. The molecule has 0 aliphatic heterocycles. The molecule has 0 fully saturated rings. The molecule has 0 atom stereocenters. The van der Waals surface area contributed by atoms with Crippen LogP contribution in [0.3, 0.4) is 0 Å². The Morgan fingerprint density at radius 2 is 1.75 bits per heavy atom. The van der Waals surface area contributed by atoms with E-state index in [0.29, 0.717) is 28.6 Å². The molecule has 2 aromatic rings. The molecule has 0 heterocycles. The van der Waals surface area contributed by atoms with E-state index in [4.69, 9.17) is 21.1 Å². The molecule has 0 aliphatic carbocycles. The number of ether oxygens (including phenoxy) is 2. The third-order valence-corrected chi connectivity index (χ3v) is 4.03. The van der Waals surface area contributed by atoms with Gasteiger partial charge >= 0.3 is 0 Å². The number of aryl methyl sites for hydroxylation is 2. The third-order valence-electron chi connectivity index (χ3n) is 3.74. The minimum Gasteiger partial charge on any atom is -0.495 e. The molecule has 2 rings (SSSR count). The Morgan fingerprint density at radius 1 is 1.08 bits per heavy atom. The van der Waals surface area contributed by atoms with Gasteiger partial charge in [0.1, 0.15) is 11.5 Å². The highest BCUT2D eigenvalue weighted by Crippen LogP contribution is 2.35. The lowest BCUT2D eigenvalue weighted by Gasteiger charge is -2.13. The van der Waals surface area contributed by atoms with Gasteiger partial charge in [-0.1, -0.05) is 41.4 Å². The first-order valence-electron chi connectivity index (χ1n) is 7.80. The first-order chi connectivity index (χ1) is 11.5. The van der Waals surface area contributed by atoms with Crippen LogP contribution in [-0.4, -0.2) is 20.1 Å². The van der Waals surface area contributed by atoms with E-state index in [2.05, 4.69) is 36.5 Å². The predicted molar refractivity (Wildman–Crippen MR) is 97.3 cm³/mol. The molecule has 2 aromatic carbocycles. The van der Waals surface area contributed by atoms with E-state index < -0.39 is 0 Å². The van der Waals surface area contributed by atoms with Gasteiger partial charge in [0.15, 0.2) is 0 Å². The standard InChI is InChI=1S/C19H22ClNO3/c1-13-7-9-14(10-8-13)5-4-6-19(22)21-16-12-17(23-2)15(20)11-18(16)24-3/h7-12H,4-6H2,1-3H3,(H,21,22). The monoisotopic (exact) mass is 347 g/mol. The lowest BCUT2D eigenvalue weighted by molar-refractivity contribution is -0.116. The second kappa shape index (κ2) is 8.60. The molecule has 0 unspecified atom stereocenters. The van der Waals surface area contributed by atoms with E-state index in [-0.39, 0.29) is 5.91 Å². The number of carbonyl (C=O) groups is 1. The number of carbonyl (C=O) groups excluding carboxylic acids is 1. The number of rotatable bonds is 7. The summed E-state index contributed by atoms with van der Waals surface area (Å²) in [6, 6.07) is 11.7. The Kier molecular flexibility index (Phi) is 6.50. The summed E-state index contributed by atoms with van der Waals surface area (Å²) < 4.78 is 10.4. The second-order valence-electron chi connectivity index (χ2n) is 5.57. The highest BCUT2D eigenvalue weighted by Gasteiger charge is 2.12. The highest BCUT2D eigenvalue weighted by atomic mass is 35.5. The van der Waals surface area contributed by atoms with Gasteiger partial charge in [0.2, 0.25) is 5.91 Å². The molecule has 0 bridgehead atoms. The van der Waals surface area contributed by atoms with Gasteiger partial charge in [-0.3, -0.25) is 4.79 Å². The fraction of sp³-hybridized carbons (Fsp3) is 0.316. The molecule has 0 saturated heterocycles. The molecule has 1 amide bonds. The van der Waals surface area contributed by atoms with Crippen LogP contribution in [-0.2, 0) is 11.2 Å². The predicted octanol–water partition coefficient (Wildman–Crippen LogP) is 4.63. The van der Waals surface area contributed by atoms with Crippen LogP contribution in [0.5, 0.6) is 11.5 Å². The van der Waals surface area contributed by atoms with E-state index >= 15 is 0 Å². The maximum Gasteiger partial charge on any atom is 0.224 e. The molecule has 5 heteroatoms. The molecule has 1 N–H and O–H groups in total. The first-order valence-corrected chi connectivity index (χ1v) is 8.18. The summed E-state index contributed by atoms with van der Waals surface area (Å²) in [5.41, 5.74) is 3.03. The third kappa shape index (κ3) is 4.90. The summed E-state index contributed by atoms with van der Waals surface area (Å²) in [6.45, 7) is 2.06. The van der Waals surface area contributed by atoms with Gasteiger partial charge in [0.05, 0.1) is 24.9 Å². The highest BCUT2D eigenvalue weighted by molar-refractivity contribution is 6.32. The van der Waals surface area contributed by atoms with E-state index in [1.54, 1.807) is 12.1 Å². The number of hydrogen-bond acceptors (Lipinski definition) is 3. The molecule has 24 heavy (non-hydrogen) atoms. The number of nitrogens with one attached hydrogen (secondary N) is 1. The normalized spacial score (nSPS) is 10.3. The van der Waals surface area contributed by atoms with Gasteiger partial charge in [0.25, 0.3) is 0 Å². The van der Waals surface area contributed by atoms with Crippen LogP contribution in [0.15, 0.2) is 36.4 Å². The summed E-state index contributed by atoms with van der Waals surface area (Å²) in [6.07, 6.45) is 2.08. The van der Waals surface area contributed by atoms with Crippen LogP contribution < -0.4 is 14.8 Å². The summed E-state index contributed by atoms with van der Waals surface area (Å²) in [7, 11) is 3.06. The lowest BCUT2D eigenvalue weighted by Crippen LogP contribution is -2.12. The van der Waals surface area contributed by atoms with Crippen molar-refractivity contribution in [3.63, 3.8) is 0 Å². The Labute approximate surface area is 147 Å². The van der Waals surface area contributed by atoms with Crippen molar-refractivity contribution in [1.82, 2.24) is 0 Å². The number of halogens is 1. The van der Waals surface area contributed by atoms with Crippen molar-refractivity contribution in [3.05, 3.63) is 52.5 Å². The Balaban J connectivity index is 1.93. The first kappa shape index (κ1) is 18.1. The zero-order valence-electron chi connectivity index (χ0n) is 14.2. The topological polar surface area (TPSA) is 47.6 Å². The van der Waals surface area contributed by atoms with Crippen LogP contribution in [0.2, 0.25) is 5.02 Å². The van der Waals surface area contributed by atoms with Crippen molar-refractivity contribution in [2.75, 3.05) is 19.5 Å². The number of anilines is 1. The zero-order chi connectivity index (χ0) is 17.5. The van der Waals surface area contributed by atoms with Crippen molar-refractivity contribution < 1.29 is 14.3 Å². The van der Waals surface area contributed by atoms with Gasteiger partial charge in [-0.15, -0.1) is 0 Å². The largest absolute Gasteiger partial charge is 0.495 e. The van der Waals surface area contributed by atoms with Crippen LogP contribution in [0.1, 0.15) is 24.0 Å². The summed E-state index contributed by atoms with van der Waals surface area (Å²) in [5.74, 6) is 0.935. The smallest absolute Gasteiger partial charge is 0.224 e. The Hall–Kier alpha value is -2.20. The second-order valence-corrected chi connectivity index (χ2v) is 5.98. The van der Waals surface area contributed by atoms with Crippen molar-refractivity contribution >= 4 is 23.2 Å². The van der Waals surface area contributed by atoms with Crippen LogP contribution in [0, 0.1) is 6.92 Å². The van der Waals surface area contributed by atoms with Gasteiger partial charge in [-0.05, 0) is 25.3 Å². The van der Waals surface area contributed by atoms with Crippen molar-refractivity contribution in [3.8, 4) is 11.5 Å². The summed E-state index contributed by atoms with van der Waals surface area (Å²) >= 11 is 6.06. The molecule has 128 valence electrons. The van der Waals surface area contributed by atoms with Gasteiger partial charge in [-0.2, -0.15) is 0 Å². The summed E-state index contributed by atoms with van der Waals surface area (Å²) in [5, 5.41) is 3.29. The van der Waals surface area contributed by atoms with Gasteiger partial charge in [0, 0.05) is 18.6 Å². The Morgan fingerprint density at radius 3 is 2.38 bits per heavy atom. The molecule has 4 nitrogen and oxygen atoms in total. The molecule has 0 aromatic heterocycles. The van der Waals surface area contributed by atoms with E-state index in [1.165, 1.54) is 25.3 Å². The van der Waals surface area contributed by atoms with Gasteiger partial charge in [-0.25, -0.2) is 0 Å². The SMILES string of the molecule is COc1cc(NC(=O)CCCc2ccc(C)cc2)c(OC)cc1Cl. The van der Waals surface area contributed by atoms with Crippen molar-refractivity contribution in [2.24, 2.45) is 0 Å². The molecular weight excluding hydrogens is 326 g/mol. The number of hydrogen-bond donors (Lipinski definition) is 1. The fourth-order valence-electron chi connectivity index (χ4n) is 2.38. The van der Waals surface area contributed by atoms with E-state index in [0.717, 1.165) is 12.8 Å². The summed E-state index contributed by atoms with van der Waals surface area (Å²) in [4.78, 5) is 12.2. The number of methoxy groups -OCH3 is 2. The van der Waals surface area contributed by atoms with Gasteiger partial charge < -0.3 is 14.8 Å². The number of benzene rings is 2. The average molecular weight is 348 g/mol. The minimum absolute atomic E-state index is 0.0650. The van der Waals surface area contributed by atoms with Crippen molar-refractivity contribution in [1.29, 1.82) is 0 Å². The van der Waals surface area contributed by atoms with Crippen LogP contribution in [0.25, 0.3) is 0 Å². The van der Waals surface area contributed by atoms with E-state index in [1.807, 2.05) is 0 Å². The maximum atomic E-state index is 12.2. The molecule has 0 aliphatic rings. The molecule has 0 saturated carbocycles. The molecule has 0 spiro atoms. The van der Waals surface area contributed by atoms with Crippen molar-refractivity contribution in [2.45, 2.75) is 26.2 Å². The fourth-order valence-corrected chi connectivity index (χ4v) is 2.61. The van der Waals surface area contributed by atoms with Crippen LogP contribution >= 0.6 is 11.6 Å². The molecule has 0 radical (unpaired) electrons. The zero-order valence-corrected chi connectivity index (χ0v) is 14.9. The maximum absolute atomic E-state index is 12.2. The van der Waals surface area contributed by atoms with E-state index in [9.17, 15) is 4.79 Å². The lowest BCUT2D eigenvalue weighted by atomic mass is 10.1. The van der Waals surface area contributed by atoms with Crippen LogP contribution in [0.4, 0.5) is 5.69 Å². The number of amides is 1. The average Bonchev–Trinajstić information content (AvgIpc) is 2.57.